The lowest BCUT2D eigenvalue weighted by molar-refractivity contribution is 0.498. The van der Waals surface area contributed by atoms with Gasteiger partial charge in [-0.1, -0.05) is 38.4 Å². The normalized spacial score (nSPS) is 13.8. The number of aryl methyl sites for hydroxylation is 1. The number of hydrogen-bond acceptors (Lipinski definition) is 2. The fourth-order valence-electron chi connectivity index (χ4n) is 1.21. The zero-order valence-corrected chi connectivity index (χ0v) is 12.0. The largest absolute Gasteiger partial charge is 0.401 e. The standard InChI is InChI=1S/C14H20ClN3/c1-9-5-6-10(7-11(9)15)18-13(17)8-12(16)14(2,3)4/h5-8H,16H2,1-4H3,(H2,17,18)/b12-8-. The van der Waals surface area contributed by atoms with Gasteiger partial charge < -0.3 is 11.5 Å². The summed E-state index contributed by atoms with van der Waals surface area (Å²) in [6.07, 6.45) is 1.69. The van der Waals surface area contributed by atoms with Crippen LogP contribution < -0.4 is 11.5 Å². The summed E-state index contributed by atoms with van der Waals surface area (Å²) in [6.45, 7) is 8.01. The number of allylic oxidation sites excluding steroid dienone is 1. The van der Waals surface area contributed by atoms with Crippen LogP contribution in [0.2, 0.25) is 5.02 Å². The maximum absolute atomic E-state index is 6.03. The lowest BCUT2D eigenvalue weighted by atomic mass is 9.92. The molecular weight excluding hydrogens is 246 g/mol. The fourth-order valence-corrected chi connectivity index (χ4v) is 1.38. The van der Waals surface area contributed by atoms with Gasteiger partial charge in [0.2, 0.25) is 0 Å². The topological polar surface area (TPSA) is 64.4 Å². The number of hydrogen-bond donors (Lipinski definition) is 2. The molecule has 18 heavy (non-hydrogen) atoms. The van der Waals surface area contributed by atoms with Gasteiger partial charge in [-0.2, -0.15) is 0 Å². The van der Waals surface area contributed by atoms with E-state index in [0.29, 0.717) is 16.6 Å². The van der Waals surface area contributed by atoms with Crippen molar-refractivity contribution >= 4 is 23.1 Å². The van der Waals surface area contributed by atoms with Gasteiger partial charge >= 0.3 is 0 Å². The Morgan fingerprint density at radius 3 is 2.39 bits per heavy atom. The van der Waals surface area contributed by atoms with Gasteiger partial charge in [-0.3, -0.25) is 0 Å². The summed E-state index contributed by atoms with van der Waals surface area (Å²) in [5.74, 6) is 0.377. The van der Waals surface area contributed by atoms with Crippen molar-refractivity contribution in [3.8, 4) is 0 Å². The second-order valence-electron chi connectivity index (χ2n) is 5.32. The zero-order valence-electron chi connectivity index (χ0n) is 11.3. The third-order valence-electron chi connectivity index (χ3n) is 2.58. The van der Waals surface area contributed by atoms with E-state index >= 15 is 0 Å². The van der Waals surface area contributed by atoms with E-state index in [1.165, 1.54) is 0 Å². The number of halogens is 1. The Morgan fingerprint density at radius 1 is 1.28 bits per heavy atom. The number of benzene rings is 1. The molecule has 0 heterocycles. The monoisotopic (exact) mass is 265 g/mol. The van der Waals surface area contributed by atoms with Crippen LogP contribution in [0.15, 0.2) is 35.0 Å². The molecule has 0 atom stereocenters. The molecule has 1 aromatic rings. The predicted octanol–water partition coefficient (Wildman–Crippen LogP) is 3.53. The van der Waals surface area contributed by atoms with Gasteiger partial charge in [0.25, 0.3) is 0 Å². The molecule has 3 nitrogen and oxygen atoms in total. The van der Waals surface area contributed by atoms with E-state index in [4.69, 9.17) is 23.1 Å². The van der Waals surface area contributed by atoms with E-state index in [1.807, 2.05) is 39.8 Å². The van der Waals surface area contributed by atoms with Crippen LogP contribution in [0.25, 0.3) is 0 Å². The van der Waals surface area contributed by atoms with Crippen molar-refractivity contribution in [3.63, 3.8) is 0 Å². The zero-order chi connectivity index (χ0) is 13.9. The average Bonchev–Trinajstić information content (AvgIpc) is 2.22. The summed E-state index contributed by atoms with van der Waals surface area (Å²) in [6, 6.07) is 5.56. The molecule has 0 fully saturated rings. The number of rotatable bonds is 2. The summed E-state index contributed by atoms with van der Waals surface area (Å²) >= 11 is 6.03. The highest BCUT2D eigenvalue weighted by Crippen LogP contribution is 2.23. The molecule has 0 saturated heterocycles. The molecule has 0 aliphatic carbocycles. The molecule has 1 rings (SSSR count). The van der Waals surface area contributed by atoms with Crippen molar-refractivity contribution in [3.05, 3.63) is 40.6 Å². The van der Waals surface area contributed by atoms with Crippen LogP contribution in [0.3, 0.4) is 0 Å². The molecule has 0 unspecified atom stereocenters. The number of nitrogens with zero attached hydrogens (tertiary/aromatic N) is 1. The minimum Gasteiger partial charge on any atom is -0.401 e. The number of aliphatic imine (C=N–C) groups is 1. The summed E-state index contributed by atoms with van der Waals surface area (Å²) in [4.78, 5) is 4.27. The quantitative estimate of drug-likeness (QED) is 0.635. The first kappa shape index (κ1) is 14.6. The first-order chi connectivity index (χ1) is 8.20. The highest BCUT2D eigenvalue weighted by atomic mass is 35.5. The van der Waals surface area contributed by atoms with Crippen molar-refractivity contribution in [2.24, 2.45) is 21.9 Å². The van der Waals surface area contributed by atoms with E-state index in [2.05, 4.69) is 4.99 Å². The van der Waals surface area contributed by atoms with Gasteiger partial charge in [-0.05, 0) is 30.7 Å². The number of nitrogens with two attached hydrogens (primary N) is 2. The first-order valence-electron chi connectivity index (χ1n) is 5.78. The highest BCUT2D eigenvalue weighted by molar-refractivity contribution is 6.31. The lowest BCUT2D eigenvalue weighted by Crippen LogP contribution is -2.20. The van der Waals surface area contributed by atoms with E-state index < -0.39 is 0 Å². The second-order valence-corrected chi connectivity index (χ2v) is 5.73. The SMILES string of the molecule is Cc1ccc(N=C(N)/C=C(\N)C(C)(C)C)cc1Cl. The molecule has 98 valence electrons. The van der Waals surface area contributed by atoms with Gasteiger partial charge in [-0.25, -0.2) is 4.99 Å². The molecule has 0 radical (unpaired) electrons. The molecule has 0 aliphatic heterocycles. The molecular formula is C14H20ClN3. The van der Waals surface area contributed by atoms with E-state index in [1.54, 1.807) is 12.1 Å². The summed E-state index contributed by atoms with van der Waals surface area (Å²) in [7, 11) is 0. The Labute approximate surface area is 114 Å². The van der Waals surface area contributed by atoms with E-state index in [-0.39, 0.29) is 5.41 Å². The molecule has 4 heteroatoms. The fraction of sp³-hybridized carbons (Fsp3) is 0.357. The summed E-state index contributed by atoms with van der Waals surface area (Å²) in [5.41, 5.74) is 14.1. The lowest BCUT2D eigenvalue weighted by Gasteiger charge is -2.18. The predicted molar refractivity (Wildman–Crippen MR) is 79.2 cm³/mol. The Bertz CT molecular complexity index is 496. The van der Waals surface area contributed by atoms with Crippen molar-refractivity contribution in [2.75, 3.05) is 0 Å². The van der Waals surface area contributed by atoms with Crippen molar-refractivity contribution in [2.45, 2.75) is 27.7 Å². The molecule has 4 N–H and O–H groups in total. The molecule has 0 saturated carbocycles. The van der Waals surface area contributed by atoms with Gasteiger partial charge in [0.1, 0.15) is 5.84 Å². The van der Waals surface area contributed by atoms with Crippen LogP contribution in [-0.2, 0) is 0 Å². The average molecular weight is 266 g/mol. The van der Waals surface area contributed by atoms with E-state index in [0.717, 1.165) is 11.3 Å². The van der Waals surface area contributed by atoms with Gasteiger partial charge in [0, 0.05) is 16.1 Å². The van der Waals surface area contributed by atoms with Crippen LogP contribution in [0.5, 0.6) is 0 Å². The molecule has 0 spiro atoms. The first-order valence-corrected chi connectivity index (χ1v) is 6.16. The molecule has 0 aromatic heterocycles. The molecule has 0 amide bonds. The van der Waals surface area contributed by atoms with Crippen LogP contribution in [0, 0.1) is 12.3 Å². The third kappa shape index (κ3) is 4.08. The van der Waals surface area contributed by atoms with Gasteiger partial charge in [-0.15, -0.1) is 0 Å². The van der Waals surface area contributed by atoms with Crippen molar-refractivity contribution < 1.29 is 0 Å². The Kier molecular flexibility index (Phi) is 4.41. The maximum atomic E-state index is 6.03. The van der Waals surface area contributed by atoms with Gasteiger partial charge in [0.05, 0.1) is 5.69 Å². The van der Waals surface area contributed by atoms with Crippen molar-refractivity contribution in [1.82, 2.24) is 0 Å². The minimum atomic E-state index is -0.120. The third-order valence-corrected chi connectivity index (χ3v) is 2.99. The number of amidine groups is 1. The summed E-state index contributed by atoms with van der Waals surface area (Å²) in [5, 5.41) is 0.678. The highest BCUT2D eigenvalue weighted by Gasteiger charge is 2.13. The Morgan fingerprint density at radius 2 is 1.89 bits per heavy atom. The van der Waals surface area contributed by atoms with Crippen LogP contribution in [0.4, 0.5) is 5.69 Å². The molecule has 0 aliphatic rings. The Hall–Kier alpha value is -1.48. The van der Waals surface area contributed by atoms with Crippen LogP contribution in [-0.4, -0.2) is 5.84 Å². The summed E-state index contributed by atoms with van der Waals surface area (Å²) < 4.78 is 0. The molecule has 0 bridgehead atoms. The molecule has 1 aromatic carbocycles. The van der Waals surface area contributed by atoms with E-state index in [9.17, 15) is 0 Å². The van der Waals surface area contributed by atoms with Crippen LogP contribution >= 0.6 is 11.6 Å². The van der Waals surface area contributed by atoms with Crippen molar-refractivity contribution in [1.29, 1.82) is 0 Å². The smallest absolute Gasteiger partial charge is 0.125 e. The van der Waals surface area contributed by atoms with Gasteiger partial charge in [0.15, 0.2) is 0 Å². The Balaban J connectivity index is 3.00. The van der Waals surface area contributed by atoms with Crippen LogP contribution in [0.1, 0.15) is 26.3 Å². The second kappa shape index (κ2) is 5.44. The maximum Gasteiger partial charge on any atom is 0.125 e. The minimum absolute atomic E-state index is 0.120.